The monoisotopic (exact) mass is 543 g/mol. The van der Waals surface area contributed by atoms with Gasteiger partial charge in [0.25, 0.3) is 17.2 Å². The zero-order valence-electron chi connectivity index (χ0n) is 17.6. The largest absolute Gasteiger partial charge is 0.348 e. The smallest absolute Gasteiger partial charge is 0.269 e. The van der Waals surface area contributed by atoms with Gasteiger partial charge in [-0.2, -0.15) is 0 Å². The Morgan fingerprint density at radius 3 is 2.47 bits per heavy atom. The summed E-state index contributed by atoms with van der Waals surface area (Å²) in [5, 5.41) is 16.7. The highest BCUT2D eigenvalue weighted by molar-refractivity contribution is 7.80. The average molecular weight is 545 g/mol. The molecule has 3 heterocycles. The van der Waals surface area contributed by atoms with Crippen LogP contribution >= 0.6 is 47.0 Å². The van der Waals surface area contributed by atoms with E-state index < -0.39 is 20.8 Å². The second-order valence-corrected chi connectivity index (χ2v) is 11.1. The van der Waals surface area contributed by atoms with Crippen molar-refractivity contribution in [1.82, 2.24) is 20.1 Å². The van der Waals surface area contributed by atoms with Gasteiger partial charge in [-0.3, -0.25) is 19.7 Å². The van der Waals surface area contributed by atoms with E-state index in [1.807, 2.05) is 15.5 Å². The maximum absolute atomic E-state index is 12.7. The van der Waals surface area contributed by atoms with Gasteiger partial charge in [-0.25, -0.2) is 0 Å². The number of non-ortho nitro benzene ring substituents is 1. The number of amides is 1. The summed E-state index contributed by atoms with van der Waals surface area (Å²) >= 11 is 23.9. The topological polar surface area (TPSA) is 110 Å². The Kier molecular flexibility index (Phi) is 7.04. The highest BCUT2D eigenvalue weighted by Crippen LogP contribution is 2.35. The number of nitrogens with one attached hydrogen (secondary N) is 2. The summed E-state index contributed by atoms with van der Waals surface area (Å²) in [7, 11) is 0. The normalized spacial score (nSPS) is 20.1. The van der Waals surface area contributed by atoms with E-state index in [0.717, 1.165) is 12.1 Å². The molecule has 2 aromatic rings. The molecular formula is C21H20Cl3N5O4S. The van der Waals surface area contributed by atoms with Crippen LogP contribution in [-0.2, 0) is 6.54 Å². The van der Waals surface area contributed by atoms with Gasteiger partial charge in [0.05, 0.1) is 4.92 Å². The number of rotatable bonds is 4. The molecule has 2 bridgehead atoms. The van der Waals surface area contributed by atoms with Gasteiger partial charge in [-0.15, -0.1) is 0 Å². The van der Waals surface area contributed by atoms with Gasteiger partial charge >= 0.3 is 0 Å². The Bertz CT molecular complexity index is 1180. The van der Waals surface area contributed by atoms with E-state index in [9.17, 15) is 19.7 Å². The number of halogens is 3. The Morgan fingerprint density at radius 2 is 1.82 bits per heavy atom. The van der Waals surface area contributed by atoms with Crippen LogP contribution < -0.4 is 16.2 Å². The molecule has 2 N–H and O–H groups in total. The summed E-state index contributed by atoms with van der Waals surface area (Å²) in [6.07, 6.45) is -0.211. The van der Waals surface area contributed by atoms with E-state index in [-0.39, 0.29) is 28.6 Å². The van der Waals surface area contributed by atoms with E-state index >= 15 is 0 Å². The highest BCUT2D eigenvalue weighted by atomic mass is 35.6. The lowest BCUT2D eigenvalue weighted by atomic mass is 9.83. The van der Waals surface area contributed by atoms with Gasteiger partial charge in [0.1, 0.15) is 6.17 Å². The van der Waals surface area contributed by atoms with Crippen LogP contribution in [0.3, 0.4) is 0 Å². The summed E-state index contributed by atoms with van der Waals surface area (Å²) < 4.78 is -0.118. The van der Waals surface area contributed by atoms with Crippen LogP contribution in [0.5, 0.6) is 0 Å². The average Bonchev–Trinajstić information content (AvgIpc) is 2.78. The number of hydrogen-bond donors (Lipinski definition) is 2. The number of benzene rings is 1. The lowest BCUT2D eigenvalue weighted by molar-refractivity contribution is -0.384. The van der Waals surface area contributed by atoms with E-state index in [1.54, 1.807) is 12.1 Å². The molecule has 1 saturated heterocycles. The predicted molar refractivity (Wildman–Crippen MR) is 133 cm³/mol. The molecule has 13 heteroatoms. The second-order valence-electron chi connectivity index (χ2n) is 8.30. The number of aromatic nitrogens is 1. The summed E-state index contributed by atoms with van der Waals surface area (Å²) in [4.78, 5) is 37.1. The molecule has 9 nitrogen and oxygen atoms in total. The molecule has 2 aliphatic rings. The lowest BCUT2D eigenvalue weighted by Crippen LogP contribution is -2.60. The fourth-order valence-electron chi connectivity index (χ4n) is 4.43. The van der Waals surface area contributed by atoms with E-state index in [0.29, 0.717) is 24.7 Å². The predicted octanol–water partition coefficient (Wildman–Crippen LogP) is 3.18. The summed E-state index contributed by atoms with van der Waals surface area (Å²) in [5.41, 5.74) is 0.979. The molecule has 1 aromatic carbocycles. The third kappa shape index (κ3) is 5.30. The van der Waals surface area contributed by atoms with Crippen LogP contribution in [0.4, 0.5) is 5.69 Å². The van der Waals surface area contributed by atoms with Crippen molar-refractivity contribution in [3.8, 4) is 0 Å². The third-order valence-electron chi connectivity index (χ3n) is 5.98. The highest BCUT2D eigenvalue weighted by Gasteiger charge is 2.39. The first-order chi connectivity index (χ1) is 16.0. The molecule has 4 rings (SSSR count). The van der Waals surface area contributed by atoms with Gasteiger partial charge < -0.3 is 20.1 Å². The Labute approximate surface area is 215 Å². The van der Waals surface area contributed by atoms with Crippen molar-refractivity contribution in [2.75, 3.05) is 13.1 Å². The van der Waals surface area contributed by atoms with Crippen LogP contribution in [0, 0.1) is 16.0 Å². The van der Waals surface area contributed by atoms with E-state index in [2.05, 4.69) is 10.6 Å². The Hall–Kier alpha value is -2.40. The number of piperidine rings is 1. The maximum atomic E-state index is 12.7. The minimum atomic E-state index is -1.94. The fraction of sp³-hybridized carbons (Fsp3) is 0.381. The number of alkyl halides is 3. The molecule has 0 spiro atoms. The van der Waals surface area contributed by atoms with Crippen LogP contribution in [0.1, 0.15) is 28.4 Å². The molecule has 34 heavy (non-hydrogen) atoms. The van der Waals surface area contributed by atoms with Gasteiger partial charge in [-0.05, 0) is 42.8 Å². The van der Waals surface area contributed by atoms with Crippen molar-refractivity contribution in [2.45, 2.75) is 28.8 Å². The molecule has 180 valence electrons. The Morgan fingerprint density at radius 1 is 1.12 bits per heavy atom. The van der Waals surface area contributed by atoms with Crippen LogP contribution in [0.2, 0.25) is 0 Å². The number of nitro benzene ring substituents is 1. The SMILES string of the molecule is O=C(N[C@@H](NC(=S)N1C[C@H]2C[C@H](C1)c1cccc(=O)n1C2)C(Cl)(Cl)Cl)c1ccc([N+](=O)[O-])cc1. The first-order valence-corrected chi connectivity index (χ1v) is 11.9. The number of thiocarbonyl (C=S) groups is 1. The molecule has 1 fully saturated rings. The molecule has 0 radical (unpaired) electrons. The molecule has 0 aliphatic carbocycles. The lowest BCUT2D eigenvalue weighted by Gasteiger charge is -2.44. The van der Waals surface area contributed by atoms with Crippen molar-refractivity contribution in [1.29, 1.82) is 0 Å². The standard InChI is InChI=1S/C21H20Cl3N5O4S/c22-21(23,24)19(25-18(31)13-4-6-15(7-5-13)29(32)33)26-20(34)27-9-12-8-14(11-27)16-2-1-3-17(30)28(16)10-12/h1-7,12,14,19H,8-11H2,(H,25,31)(H,26,34)/t12-,14-,19+/m1/s1. The van der Waals surface area contributed by atoms with Crippen LogP contribution in [0.15, 0.2) is 47.3 Å². The first-order valence-electron chi connectivity index (χ1n) is 10.4. The molecular weight excluding hydrogens is 525 g/mol. The molecule has 0 unspecified atom stereocenters. The van der Waals surface area contributed by atoms with Gasteiger partial charge in [0.15, 0.2) is 5.11 Å². The van der Waals surface area contributed by atoms with E-state index in [4.69, 9.17) is 47.0 Å². The summed E-state index contributed by atoms with van der Waals surface area (Å²) in [6, 6.07) is 10.3. The number of nitrogens with zero attached hydrogens (tertiary/aromatic N) is 3. The number of carbonyl (C=O) groups is 1. The second kappa shape index (κ2) is 9.69. The minimum absolute atomic E-state index is 0.00780. The van der Waals surface area contributed by atoms with Crippen molar-refractivity contribution >= 4 is 63.7 Å². The number of fused-ring (bicyclic) bond motifs is 4. The number of likely N-dealkylation sites (tertiary alicyclic amines) is 1. The molecule has 1 aromatic heterocycles. The van der Waals surface area contributed by atoms with Crippen molar-refractivity contribution < 1.29 is 9.72 Å². The van der Waals surface area contributed by atoms with Crippen LogP contribution in [-0.4, -0.2) is 48.5 Å². The summed E-state index contributed by atoms with van der Waals surface area (Å²) in [6.45, 7) is 1.80. The number of hydrogen-bond acceptors (Lipinski definition) is 5. The minimum Gasteiger partial charge on any atom is -0.348 e. The Balaban J connectivity index is 1.46. The molecule has 2 aliphatic heterocycles. The van der Waals surface area contributed by atoms with Crippen molar-refractivity contribution in [3.63, 3.8) is 0 Å². The number of pyridine rings is 1. The van der Waals surface area contributed by atoms with Crippen LogP contribution in [0.25, 0.3) is 0 Å². The molecule has 1 amide bonds. The van der Waals surface area contributed by atoms with Gasteiger partial charge in [-0.1, -0.05) is 40.9 Å². The van der Waals surface area contributed by atoms with Gasteiger partial charge in [0.2, 0.25) is 3.79 Å². The molecule has 3 atom stereocenters. The van der Waals surface area contributed by atoms with E-state index in [1.165, 1.54) is 24.3 Å². The zero-order chi connectivity index (χ0) is 24.6. The number of carbonyl (C=O) groups excluding carboxylic acids is 1. The zero-order valence-corrected chi connectivity index (χ0v) is 20.7. The first kappa shape index (κ1) is 24.7. The fourth-order valence-corrected chi connectivity index (χ4v) is 5.02. The summed E-state index contributed by atoms with van der Waals surface area (Å²) in [5.74, 6) is -0.237. The van der Waals surface area contributed by atoms with Crippen molar-refractivity contribution in [3.05, 3.63) is 74.2 Å². The third-order valence-corrected chi connectivity index (χ3v) is 7.01. The van der Waals surface area contributed by atoms with Crippen molar-refractivity contribution in [2.24, 2.45) is 5.92 Å². The maximum Gasteiger partial charge on any atom is 0.269 e. The number of nitro groups is 1. The quantitative estimate of drug-likeness (QED) is 0.200. The van der Waals surface area contributed by atoms with Gasteiger partial charge in [0, 0.05) is 55.0 Å². The molecule has 0 saturated carbocycles.